The fraction of sp³-hybridized carbons (Fsp3) is 0.968. The Labute approximate surface area is 219 Å². The van der Waals surface area contributed by atoms with Crippen molar-refractivity contribution in [3.05, 3.63) is 0 Å². The number of nitrogens with zero attached hydrogens (tertiary/aromatic N) is 1. The maximum absolute atomic E-state index is 13.0. The van der Waals surface area contributed by atoms with Crippen molar-refractivity contribution < 1.29 is 20.1 Å². The average molecular weight is 504 g/mol. The van der Waals surface area contributed by atoms with Gasteiger partial charge in [0.1, 0.15) is 0 Å². The summed E-state index contributed by atoms with van der Waals surface area (Å²) in [6.07, 6.45) is 12.0. The lowest BCUT2D eigenvalue weighted by Crippen LogP contribution is -2.59. The van der Waals surface area contributed by atoms with Crippen molar-refractivity contribution in [3.63, 3.8) is 0 Å². The van der Waals surface area contributed by atoms with Gasteiger partial charge in [0, 0.05) is 19.5 Å². The summed E-state index contributed by atoms with van der Waals surface area (Å²) in [4.78, 5) is 15.0. The van der Waals surface area contributed by atoms with Crippen LogP contribution in [0.3, 0.4) is 0 Å². The van der Waals surface area contributed by atoms with Crippen molar-refractivity contribution in [1.29, 1.82) is 0 Å². The minimum absolute atomic E-state index is 0.0298. The predicted molar refractivity (Wildman–Crippen MR) is 142 cm³/mol. The first-order valence-corrected chi connectivity index (χ1v) is 15.4. The fourth-order valence-electron chi connectivity index (χ4n) is 10.5. The summed E-state index contributed by atoms with van der Waals surface area (Å²) < 4.78 is 0. The van der Waals surface area contributed by atoms with Crippen molar-refractivity contribution in [1.82, 2.24) is 4.90 Å². The summed E-state index contributed by atoms with van der Waals surface area (Å²) >= 11 is 0. The number of rotatable bonds is 5. The van der Waals surface area contributed by atoms with Crippen LogP contribution >= 0.6 is 0 Å². The standard InChI is InChI=1S/C31H53NO4/c1-5-31(36)14-16-32(17-15-31)28(35)11-6-20(2)24-9-10-25-23-8-7-21-18-22(33)19-27(34)30(21,4)26(23)12-13-29(24,25)3/h20-27,33-34,36H,5-19H2,1-4H3/t20-,21+,22-,23+,24-,25+,26+,27+,29-,30+/m1/s1. The van der Waals surface area contributed by atoms with Gasteiger partial charge in [-0.05, 0) is 123 Å². The number of amides is 1. The Balaban J connectivity index is 1.20. The highest BCUT2D eigenvalue weighted by Crippen LogP contribution is 2.68. The predicted octanol–water partition coefficient (Wildman–Crippen LogP) is 5.16. The lowest BCUT2D eigenvalue weighted by atomic mass is 9.43. The van der Waals surface area contributed by atoms with E-state index in [-0.39, 0.29) is 23.5 Å². The summed E-state index contributed by atoms with van der Waals surface area (Å²) in [6, 6.07) is 0. The number of likely N-dealkylation sites (tertiary alicyclic amines) is 1. The average Bonchev–Trinajstić information content (AvgIpc) is 3.21. The van der Waals surface area contributed by atoms with Crippen molar-refractivity contribution in [3.8, 4) is 0 Å². The Morgan fingerprint density at radius 1 is 0.972 bits per heavy atom. The minimum atomic E-state index is -0.569. The van der Waals surface area contributed by atoms with E-state index in [1.54, 1.807) is 0 Å². The van der Waals surface area contributed by atoms with Gasteiger partial charge in [0.2, 0.25) is 5.91 Å². The highest BCUT2D eigenvalue weighted by Gasteiger charge is 2.62. The third-order valence-electron chi connectivity index (χ3n) is 13.0. The van der Waals surface area contributed by atoms with Crippen molar-refractivity contribution in [2.75, 3.05) is 13.1 Å². The summed E-state index contributed by atoms with van der Waals surface area (Å²) in [5, 5.41) is 32.0. The number of aliphatic hydroxyl groups is 3. The molecule has 0 aromatic carbocycles. The molecule has 5 heteroatoms. The number of hydrogen-bond donors (Lipinski definition) is 3. The zero-order valence-corrected chi connectivity index (χ0v) is 23.4. The molecular weight excluding hydrogens is 450 g/mol. The van der Waals surface area contributed by atoms with Gasteiger partial charge in [-0.25, -0.2) is 0 Å². The minimum Gasteiger partial charge on any atom is -0.393 e. The molecule has 0 unspecified atom stereocenters. The van der Waals surface area contributed by atoms with Crippen molar-refractivity contribution >= 4 is 5.91 Å². The number of fused-ring (bicyclic) bond motifs is 5. The molecule has 1 aliphatic heterocycles. The highest BCUT2D eigenvalue weighted by molar-refractivity contribution is 5.76. The first-order chi connectivity index (χ1) is 17.0. The van der Waals surface area contributed by atoms with E-state index < -0.39 is 5.60 Å². The first-order valence-electron chi connectivity index (χ1n) is 15.4. The molecule has 5 nitrogen and oxygen atoms in total. The molecule has 3 N–H and O–H groups in total. The number of carbonyl (C=O) groups excluding carboxylic acids is 1. The second-order valence-electron chi connectivity index (χ2n) is 14.4. The highest BCUT2D eigenvalue weighted by atomic mass is 16.3. The maximum Gasteiger partial charge on any atom is 0.222 e. The molecule has 1 saturated heterocycles. The Kier molecular flexibility index (Phi) is 7.35. The Bertz CT molecular complexity index is 808. The fourth-order valence-corrected chi connectivity index (χ4v) is 10.5. The molecule has 5 fully saturated rings. The zero-order valence-electron chi connectivity index (χ0n) is 23.4. The Morgan fingerprint density at radius 2 is 1.69 bits per heavy atom. The van der Waals surface area contributed by atoms with Crippen LogP contribution < -0.4 is 0 Å². The molecule has 0 aromatic heterocycles. The van der Waals surface area contributed by atoms with E-state index in [0.717, 1.165) is 31.6 Å². The van der Waals surface area contributed by atoms with Gasteiger partial charge in [-0.1, -0.05) is 27.7 Å². The first kappa shape index (κ1) is 26.9. The Morgan fingerprint density at radius 3 is 2.39 bits per heavy atom. The third-order valence-corrected chi connectivity index (χ3v) is 13.0. The van der Waals surface area contributed by atoms with Crippen LogP contribution in [0.25, 0.3) is 0 Å². The summed E-state index contributed by atoms with van der Waals surface area (Å²) in [7, 11) is 0. The van der Waals surface area contributed by atoms with E-state index in [1.807, 2.05) is 11.8 Å². The summed E-state index contributed by atoms with van der Waals surface area (Å²) in [6.45, 7) is 10.8. The normalized spacial score (nSPS) is 47.0. The van der Waals surface area contributed by atoms with Crippen LogP contribution in [-0.4, -0.2) is 57.0 Å². The summed E-state index contributed by atoms with van der Waals surface area (Å²) in [5.74, 6) is 4.03. The maximum atomic E-state index is 13.0. The molecule has 36 heavy (non-hydrogen) atoms. The quantitative estimate of drug-likeness (QED) is 0.484. The molecular formula is C31H53NO4. The Hall–Kier alpha value is -0.650. The monoisotopic (exact) mass is 503 g/mol. The van der Waals surface area contributed by atoms with E-state index in [4.69, 9.17) is 0 Å². The molecule has 5 rings (SSSR count). The van der Waals surface area contributed by atoms with E-state index in [9.17, 15) is 20.1 Å². The molecule has 1 amide bonds. The molecule has 10 atom stereocenters. The van der Waals surface area contributed by atoms with Crippen LogP contribution in [-0.2, 0) is 4.79 Å². The van der Waals surface area contributed by atoms with Crippen LogP contribution in [0.15, 0.2) is 0 Å². The second kappa shape index (κ2) is 9.83. The van der Waals surface area contributed by atoms with Crippen LogP contribution in [0.2, 0.25) is 0 Å². The van der Waals surface area contributed by atoms with Crippen LogP contribution in [0.5, 0.6) is 0 Å². The molecule has 5 aliphatic rings. The number of aliphatic hydroxyl groups excluding tert-OH is 2. The molecule has 4 saturated carbocycles. The van der Waals surface area contributed by atoms with Gasteiger partial charge < -0.3 is 20.2 Å². The van der Waals surface area contributed by atoms with Gasteiger partial charge in [0.05, 0.1) is 17.8 Å². The third kappa shape index (κ3) is 4.37. The van der Waals surface area contributed by atoms with Crippen molar-refractivity contribution in [2.24, 2.45) is 46.3 Å². The smallest absolute Gasteiger partial charge is 0.222 e. The number of carbonyl (C=O) groups is 1. The molecule has 0 radical (unpaired) electrons. The lowest BCUT2D eigenvalue weighted by Gasteiger charge is -2.62. The SMILES string of the molecule is CCC1(O)CCN(C(=O)CC[C@@H](C)[C@H]2CC[C@H]3[C@@H]4CC[C@H]5C[C@@H](O)C[C@H](O)[C@]5(C)[C@H]4CC[C@]23C)CC1. The van der Waals surface area contributed by atoms with Gasteiger partial charge in [-0.2, -0.15) is 0 Å². The van der Waals surface area contributed by atoms with Crippen LogP contribution in [0.1, 0.15) is 111 Å². The second-order valence-corrected chi connectivity index (χ2v) is 14.4. The molecule has 1 heterocycles. The zero-order chi connectivity index (χ0) is 25.9. The molecule has 206 valence electrons. The van der Waals surface area contributed by atoms with E-state index >= 15 is 0 Å². The van der Waals surface area contributed by atoms with E-state index in [2.05, 4.69) is 20.8 Å². The van der Waals surface area contributed by atoms with Gasteiger partial charge in [-0.15, -0.1) is 0 Å². The molecule has 0 aromatic rings. The van der Waals surface area contributed by atoms with Crippen LogP contribution in [0.4, 0.5) is 0 Å². The van der Waals surface area contributed by atoms with E-state index in [1.165, 1.54) is 32.1 Å². The van der Waals surface area contributed by atoms with Crippen LogP contribution in [0, 0.1) is 46.3 Å². The number of piperidine rings is 1. The van der Waals surface area contributed by atoms with Gasteiger partial charge in [-0.3, -0.25) is 4.79 Å². The van der Waals surface area contributed by atoms with E-state index in [0.29, 0.717) is 73.8 Å². The topological polar surface area (TPSA) is 81.0 Å². The van der Waals surface area contributed by atoms with Gasteiger partial charge in [0.15, 0.2) is 0 Å². The van der Waals surface area contributed by atoms with Gasteiger partial charge >= 0.3 is 0 Å². The van der Waals surface area contributed by atoms with Gasteiger partial charge in [0.25, 0.3) is 0 Å². The summed E-state index contributed by atoms with van der Waals surface area (Å²) in [5.41, 5.74) is -0.243. The van der Waals surface area contributed by atoms with Crippen molar-refractivity contribution in [2.45, 2.75) is 129 Å². The number of hydrogen-bond acceptors (Lipinski definition) is 4. The molecule has 0 spiro atoms. The largest absolute Gasteiger partial charge is 0.393 e. The molecule has 4 aliphatic carbocycles. The lowest BCUT2D eigenvalue weighted by molar-refractivity contribution is -0.182. The molecule has 0 bridgehead atoms.